The Bertz CT molecular complexity index is 500. The summed E-state index contributed by atoms with van der Waals surface area (Å²) < 4.78 is 66.2. The van der Waals surface area contributed by atoms with Gasteiger partial charge in [0.1, 0.15) is 11.6 Å². The maximum absolute atomic E-state index is 13.2. The third kappa shape index (κ3) is 3.71. The summed E-state index contributed by atoms with van der Waals surface area (Å²) in [5, 5.41) is 0. The molecule has 0 saturated heterocycles. The fourth-order valence-corrected chi connectivity index (χ4v) is 2.25. The highest BCUT2D eigenvalue weighted by molar-refractivity contribution is 7.85. The molecule has 0 aliphatic heterocycles. The molecule has 0 unspecified atom stereocenters. The van der Waals surface area contributed by atoms with E-state index in [4.69, 9.17) is 0 Å². The normalized spacial score (nSPS) is 11.8. The first-order chi connectivity index (χ1) is 7.87. The molecule has 0 aliphatic carbocycles. The van der Waals surface area contributed by atoms with Crippen LogP contribution in [0.25, 0.3) is 0 Å². The molecule has 0 spiro atoms. The number of benzene rings is 1. The van der Waals surface area contributed by atoms with Crippen molar-refractivity contribution in [3.63, 3.8) is 0 Å². The van der Waals surface area contributed by atoms with E-state index in [2.05, 4.69) is 4.18 Å². The van der Waals surface area contributed by atoms with Crippen LogP contribution in [0, 0.1) is 17.5 Å². The number of hydrogen-bond donors (Lipinski definition) is 0. The molecule has 0 atom stereocenters. The van der Waals surface area contributed by atoms with Crippen LogP contribution in [0.15, 0.2) is 12.1 Å². The monoisotopic (exact) mass is 268 g/mol. The lowest BCUT2D eigenvalue weighted by atomic mass is 10.2. The molecule has 7 heteroatoms. The highest BCUT2D eigenvalue weighted by atomic mass is 32.2. The minimum atomic E-state index is -4.11. The van der Waals surface area contributed by atoms with Crippen molar-refractivity contribution in [1.82, 2.24) is 0 Å². The molecule has 0 saturated carbocycles. The van der Waals surface area contributed by atoms with Crippen LogP contribution >= 0.6 is 0 Å². The molecule has 0 radical (unpaired) electrons. The summed E-state index contributed by atoms with van der Waals surface area (Å²) in [6.07, 6.45) is 0.438. The fraction of sp³-hybridized carbons (Fsp3) is 0.400. The van der Waals surface area contributed by atoms with E-state index < -0.39 is 38.9 Å². The van der Waals surface area contributed by atoms with Gasteiger partial charge >= 0.3 is 0 Å². The van der Waals surface area contributed by atoms with E-state index in [1.165, 1.54) is 0 Å². The first-order valence-corrected chi connectivity index (χ1v) is 6.44. The molecule has 3 nitrogen and oxygen atoms in total. The van der Waals surface area contributed by atoms with Crippen molar-refractivity contribution in [2.24, 2.45) is 0 Å². The molecule has 1 aromatic rings. The number of rotatable bonds is 5. The molecule has 0 aliphatic rings. The molecular weight excluding hydrogens is 257 g/mol. The largest absolute Gasteiger partial charge is 0.271 e. The Kier molecular flexibility index (Phi) is 4.53. The third-order valence-corrected chi connectivity index (χ3v) is 3.10. The second-order valence-corrected chi connectivity index (χ2v) is 4.99. The number of halogens is 3. The van der Waals surface area contributed by atoms with E-state index in [9.17, 15) is 21.6 Å². The first kappa shape index (κ1) is 14.0. The minimum Gasteiger partial charge on any atom is -0.270 e. The van der Waals surface area contributed by atoms with Gasteiger partial charge in [0, 0.05) is 5.56 Å². The summed E-state index contributed by atoms with van der Waals surface area (Å²) in [7, 11) is -4.11. The van der Waals surface area contributed by atoms with Gasteiger partial charge in [-0.15, -0.1) is 0 Å². The lowest BCUT2D eigenvalue weighted by Gasteiger charge is -2.07. The Hall–Kier alpha value is -1.08. The van der Waals surface area contributed by atoms with Gasteiger partial charge in [0.05, 0.1) is 6.61 Å². The Morgan fingerprint density at radius 2 is 1.76 bits per heavy atom. The lowest BCUT2D eigenvalue weighted by molar-refractivity contribution is 0.316. The summed E-state index contributed by atoms with van der Waals surface area (Å²) in [6, 6.07) is 1.26. The topological polar surface area (TPSA) is 43.4 Å². The molecule has 0 aromatic heterocycles. The van der Waals surface area contributed by atoms with Gasteiger partial charge in [-0.25, -0.2) is 13.2 Å². The average molecular weight is 268 g/mol. The van der Waals surface area contributed by atoms with Gasteiger partial charge in [-0.3, -0.25) is 4.18 Å². The molecule has 0 fully saturated rings. The fourth-order valence-electron chi connectivity index (χ4n) is 1.13. The highest BCUT2D eigenvalue weighted by Crippen LogP contribution is 2.19. The second kappa shape index (κ2) is 5.50. The van der Waals surface area contributed by atoms with Gasteiger partial charge in [-0.05, 0) is 18.6 Å². The van der Waals surface area contributed by atoms with Crippen LogP contribution in [0.4, 0.5) is 13.2 Å². The molecule has 0 N–H and O–H groups in total. The van der Waals surface area contributed by atoms with E-state index in [0.717, 1.165) is 0 Å². The van der Waals surface area contributed by atoms with Crippen LogP contribution in [0.3, 0.4) is 0 Å². The summed E-state index contributed by atoms with van der Waals surface area (Å²) in [6.45, 7) is 1.60. The van der Waals surface area contributed by atoms with Crippen molar-refractivity contribution >= 4 is 10.1 Å². The molecule has 0 amide bonds. The predicted octanol–water partition coefficient (Wildman–Crippen LogP) is 2.36. The van der Waals surface area contributed by atoms with Gasteiger partial charge < -0.3 is 0 Å². The average Bonchev–Trinajstić information content (AvgIpc) is 2.27. The van der Waals surface area contributed by atoms with Crippen LogP contribution in [0.1, 0.15) is 18.9 Å². The van der Waals surface area contributed by atoms with Crippen LogP contribution in [-0.4, -0.2) is 15.0 Å². The Morgan fingerprint density at radius 1 is 1.18 bits per heavy atom. The molecule has 0 heterocycles. The molecule has 0 bridgehead atoms. The number of hydrogen-bond acceptors (Lipinski definition) is 3. The first-order valence-electron chi connectivity index (χ1n) is 4.87. The molecule has 1 aromatic carbocycles. The zero-order valence-corrected chi connectivity index (χ0v) is 9.86. The van der Waals surface area contributed by atoms with Gasteiger partial charge in [0.2, 0.25) is 0 Å². The van der Waals surface area contributed by atoms with E-state index in [1.54, 1.807) is 6.92 Å². The van der Waals surface area contributed by atoms with Crippen LogP contribution in [-0.2, 0) is 20.1 Å². The second-order valence-electron chi connectivity index (χ2n) is 3.35. The summed E-state index contributed by atoms with van der Waals surface area (Å²) in [5.74, 6) is -4.95. The standard InChI is InChI=1S/C10H11F3O3S/c1-2-5-16-17(14,15)6-7-8(11)3-4-9(12)10(7)13/h3-4H,2,5-6H2,1H3. The van der Waals surface area contributed by atoms with Crippen molar-refractivity contribution in [3.8, 4) is 0 Å². The zero-order valence-electron chi connectivity index (χ0n) is 9.04. The van der Waals surface area contributed by atoms with Crippen LogP contribution in [0.5, 0.6) is 0 Å². The Labute approximate surface area is 97.3 Å². The van der Waals surface area contributed by atoms with Crippen molar-refractivity contribution < 1.29 is 25.8 Å². The van der Waals surface area contributed by atoms with Gasteiger partial charge in [0.15, 0.2) is 11.6 Å². The minimum absolute atomic E-state index is 0.0825. The SMILES string of the molecule is CCCOS(=O)(=O)Cc1c(F)ccc(F)c1F. The van der Waals surface area contributed by atoms with Gasteiger partial charge in [-0.2, -0.15) is 8.42 Å². The van der Waals surface area contributed by atoms with Gasteiger partial charge in [0.25, 0.3) is 10.1 Å². The van der Waals surface area contributed by atoms with E-state index in [1.807, 2.05) is 0 Å². The maximum Gasteiger partial charge on any atom is 0.271 e. The van der Waals surface area contributed by atoms with Crippen molar-refractivity contribution in [2.45, 2.75) is 19.1 Å². The van der Waals surface area contributed by atoms with Crippen molar-refractivity contribution in [3.05, 3.63) is 35.1 Å². The molecule has 17 heavy (non-hydrogen) atoms. The Morgan fingerprint density at radius 3 is 2.35 bits per heavy atom. The summed E-state index contributed by atoms with van der Waals surface area (Å²) in [4.78, 5) is 0. The Balaban J connectivity index is 2.99. The van der Waals surface area contributed by atoms with E-state index in [-0.39, 0.29) is 6.61 Å². The quantitative estimate of drug-likeness (QED) is 0.608. The third-order valence-electron chi connectivity index (χ3n) is 1.93. The van der Waals surface area contributed by atoms with Crippen LogP contribution in [0.2, 0.25) is 0 Å². The van der Waals surface area contributed by atoms with Crippen LogP contribution < -0.4 is 0 Å². The molecular formula is C10H11F3O3S. The van der Waals surface area contributed by atoms with Gasteiger partial charge in [-0.1, -0.05) is 6.92 Å². The summed E-state index contributed by atoms with van der Waals surface area (Å²) in [5.41, 5.74) is -0.846. The summed E-state index contributed by atoms with van der Waals surface area (Å²) >= 11 is 0. The maximum atomic E-state index is 13.2. The van der Waals surface area contributed by atoms with E-state index in [0.29, 0.717) is 18.6 Å². The van der Waals surface area contributed by atoms with Crippen molar-refractivity contribution in [1.29, 1.82) is 0 Å². The predicted molar refractivity (Wildman–Crippen MR) is 55.2 cm³/mol. The molecule has 96 valence electrons. The lowest BCUT2D eigenvalue weighted by Crippen LogP contribution is -2.12. The highest BCUT2D eigenvalue weighted by Gasteiger charge is 2.21. The molecule has 1 rings (SSSR count). The van der Waals surface area contributed by atoms with E-state index >= 15 is 0 Å². The van der Waals surface area contributed by atoms with Crippen molar-refractivity contribution in [2.75, 3.05) is 6.61 Å². The zero-order chi connectivity index (χ0) is 13.1. The smallest absolute Gasteiger partial charge is 0.270 e.